The van der Waals surface area contributed by atoms with Crippen LogP contribution in [0.15, 0.2) is 60.8 Å². The van der Waals surface area contributed by atoms with Crippen LogP contribution < -0.4 is 10.6 Å². The third kappa shape index (κ3) is 5.69. The number of nitrogens with zero attached hydrogens (tertiary/aromatic N) is 2. The van der Waals surface area contributed by atoms with Crippen molar-refractivity contribution in [3.63, 3.8) is 0 Å². The molecule has 8 nitrogen and oxygen atoms in total. The van der Waals surface area contributed by atoms with E-state index in [2.05, 4.69) is 15.6 Å². The number of carbonyl (C=O) groups is 2. The summed E-state index contributed by atoms with van der Waals surface area (Å²) in [5.41, 5.74) is 3.14. The standard InChI is InChI=1S/C27H29FN4O4/c1-16(2)21-11-10-20(14-22(21)28)31-27(36)32-13-3-4-24(32)25(33)30-19-8-5-17(6-9-19)23-12-7-18(15-29-23)26(34)35/h5-12,14-16,24,27,31,36H,3-4,13H2,1-2H3,(H,30,33)(H,34,35)/t24-,27?/m1/s1. The Morgan fingerprint density at radius 1 is 1.08 bits per heavy atom. The fourth-order valence-electron chi connectivity index (χ4n) is 4.32. The Morgan fingerprint density at radius 3 is 2.42 bits per heavy atom. The molecule has 1 aliphatic rings. The summed E-state index contributed by atoms with van der Waals surface area (Å²) in [5, 5.41) is 25.5. The fraction of sp³-hybridized carbons (Fsp3) is 0.296. The predicted molar refractivity (Wildman–Crippen MR) is 135 cm³/mol. The molecule has 0 aliphatic carbocycles. The fourth-order valence-corrected chi connectivity index (χ4v) is 4.32. The SMILES string of the molecule is CC(C)c1ccc(NC(O)N2CCC[C@@H]2C(=O)Nc2ccc(-c3ccc(C(=O)O)cn3)cc2)cc1F. The summed E-state index contributed by atoms with van der Waals surface area (Å²) in [6, 6.07) is 14.4. The lowest BCUT2D eigenvalue weighted by Crippen LogP contribution is -2.48. The first kappa shape index (κ1) is 25.3. The molecule has 9 heteroatoms. The third-order valence-electron chi connectivity index (χ3n) is 6.29. The van der Waals surface area contributed by atoms with Crippen LogP contribution in [0, 0.1) is 5.82 Å². The molecular weight excluding hydrogens is 463 g/mol. The highest BCUT2D eigenvalue weighted by Crippen LogP contribution is 2.26. The molecule has 2 aromatic carbocycles. The van der Waals surface area contributed by atoms with Crippen LogP contribution >= 0.6 is 0 Å². The van der Waals surface area contributed by atoms with Crippen LogP contribution in [-0.4, -0.2) is 50.9 Å². The van der Waals surface area contributed by atoms with Crippen LogP contribution in [0.2, 0.25) is 0 Å². The van der Waals surface area contributed by atoms with E-state index in [1.54, 1.807) is 47.4 Å². The molecule has 36 heavy (non-hydrogen) atoms. The number of pyridine rings is 1. The number of carbonyl (C=O) groups excluding carboxylic acids is 1. The van der Waals surface area contributed by atoms with Gasteiger partial charge in [0, 0.05) is 29.7 Å². The maximum absolute atomic E-state index is 14.3. The smallest absolute Gasteiger partial charge is 0.337 e. The maximum atomic E-state index is 14.3. The molecule has 0 radical (unpaired) electrons. The number of aliphatic hydroxyl groups excluding tert-OH is 1. The van der Waals surface area contributed by atoms with Gasteiger partial charge in [-0.2, -0.15) is 0 Å². The zero-order valence-corrected chi connectivity index (χ0v) is 20.1. The molecule has 3 aromatic rings. The van der Waals surface area contributed by atoms with Gasteiger partial charge in [-0.05, 0) is 60.7 Å². The number of carboxylic acid groups (broad SMARTS) is 1. The number of anilines is 2. The largest absolute Gasteiger partial charge is 0.478 e. The quantitative estimate of drug-likeness (QED) is 0.342. The van der Waals surface area contributed by atoms with Crippen molar-refractivity contribution in [1.29, 1.82) is 0 Å². The minimum absolute atomic E-state index is 0.0541. The van der Waals surface area contributed by atoms with E-state index in [4.69, 9.17) is 5.11 Å². The number of likely N-dealkylation sites (tertiary alicyclic amines) is 1. The monoisotopic (exact) mass is 492 g/mol. The van der Waals surface area contributed by atoms with Crippen molar-refractivity contribution < 1.29 is 24.2 Å². The molecule has 2 atom stereocenters. The van der Waals surface area contributed by atoms with Gasteiger partial charge in [-0.25, -0.2) is 14.1 Å². The number of hydrogen-bond donors (Lipinski definition) is 4. The van der Waals surface area contributed by atoms with Crippen LogP contribution in [0.3, 0.4) is 0 Å². The van der Waals surface area contributed by atoms with Gasteiger partial charge in [-0.15, -0.1) is 0 Å². The Labute approximate surface area is 208 Å². The Morgan fingerprint density at radius 2 is 1.81 bits per heavy atom. The second-order valence-electron chi connectivity index (χ2n) is 9.11. The van der Waals surface area contributed by atoms with E-state index in [1.165, 1.54) is 18.3 Å². The third-order valence-corrected chi connectivity index (χ3v) is 6.29. The molecule has 0 bridgehead atoms. The summed E-state index contributed by atoms with van der Waals surface area (Å²) in [6.07, 6.45) is 1.49. The van der Waals surface area contributed by atoms with E-state index in [0.717, 1.165) is 12.0 Å². The average Bonchev–Trinajstić information content (AvgIpc) is 3.35. The number of hydrogen-bond acceptors (Lipinski definition) is 6. The summed E-state index contributed by atoms with van der Waals surface area (Å²) < 4.78 is 14.3. The molecule has 4 N–H and O–H groups in total. The van der Waals surface area contributed by atoms with Gasteiger partial charge in [0.1, 0.15) is 5.82 Å². The van der Waals surface area contributed by atoms with Gasteiger partial charge < -0.3 is 20.8 Å². The van der Waals surface area contributed by atoms with Crippen LogP contribution in [0.1, 0.15) is 48.5 Å². The molecule has 1 aliphatic heterocycles. The molecule has 1 saturated heterocycles. The van der Waals surface area contributed by atoms with Crippen LogP contribution in [-0.2, 0) is 4.79 Å². The van der Waals surface area contributed by atoms with Gasteiger partial charge in [-0.1, -0.05) is 32.0 Å². The lowest BCUT2D eigenvalue weighted by molar-refractivity contribution is -0.123. The number of rotatable bonds is 8. The number of halogens is 1. The van der Waals surface area contributed by atoms with Crippen LogP contribution in [0.25, 0.3) is 11.3 Å². The maximum Gasteiger partial charge on any atom is 0.337 e. The zero-order chi connectivity index (χ0) is 25.8. The summed E-state index contributed by atoms with van der Waals surface area (Å²) in [6.45, 7) is 4.35. The van der Waals surface area contributed by atoms with Gasteiger partial charge in [0.2, 0.25) is 5.91 Å². The molecule has 1 fully saturated rings. The van der Waals surface area contributed by atoms with E-state index in [-0.39, 0.29) is 23.2 Å². The zero-order valence-electron chi connectivity index (χ0n) is 20.1. The number of nitrogens with one attached hydrogen (secondary N) is 2. The first-order chi connectivity index (χ1) is 17.2. The van der Waals surface area contributed by atoms with E-state index in [9.17, 15) is 19.1 Å². The second kappa shape index (κ2) is 10.8. The van der Waals surface area contributed by atoms with Crippen LogP contribution in [0.4, 0.5) is 15.8 Å². The van der Waals surface area contributed by atoms with E-state index in [1.807, 2.05) is 13.8 Å². The van der Waals surface area contributed by atoms with Crippen LogP contribution in [0.5, 0.6) is 0 Å². The van der Waals surface area contributed by atoms with Crippen molar-refractivity contribution in [1.82, 2.24) is 9.88 Å². The normalized spacial score (nSPS) is 16.6. The summed E-state index contributed by atoms with van der Waals surface area (Å²) in [4.78, 5) is 29.8. The molecule has 1 amide bonds. The van der Waals surface area contributed by atoms with Gasteiger partial charge in [0.15, 0.2) is 6.35 Å². The summed E-state index contributed by atoms with van der Waals surface area (Å²) >= 11 is 0. The van der Waals surface area contributed by atoms with Crippen molar-refractivity contribution in [3.8, 4) is 11.3 Å². The summed E-state index contributed by atoms with van der Waals surface area (Å²) in [7, 11) is 0. The van der Waals surface area contributed by atoms with Crippen molar-refractivity contribution in [2.75, 3.05) is 17.2 Å². The van der Waals surface area contributed by atoms with E-state index in [0.29, 0.717) is 35.6 Å². The highest BCUT2D eigenvalue weighted by atomic mass is 19.1. The minimum atomic E-state index is -1.14. The van der Waals surface area contributed by atoms with E-state index >= 15 is 0 Å². The lowest BCUT2D eigenvalue weighted by Gasteiger charge is -2.29. The molecule has 2 heterocycles. The lowest BCUT2D eigenvalue weighted by atomic mass is 10.0. The Hall–Kier alpha value is -3.82. The Balaban J connectivity index is 1.38. The predicted octanol–water partition coefficient (Wildman–Crippen LogP) is 4.50. The number of amides is 1. The number of aliphatic hydroxyl groups is 1. The highest BCUT2D eigenvalue weighted by Gasteiger charge is 2.35. The number of aromatic nitrogens is 1. The van der Waals surface area contributed by atoms with Crippen molar-refractivity contribution in [2.24, 2.45) is 0 Å². The molecule has 4 rings (SSSR count). The summed E-state index contributed by atoms with van der Waals surface area (Å²) in [5.74, 6) is -1.57. The molecule has 1 unspecified atom stereocenters. The molecule has 1 aromatic heterocycles. The number of carboxylic acids is 1. The first-order valence-electron chi connectivity index (χ1n) is 11.8. The van der Waals surface area contributed by atoms with Gasteiger partial charge in [-0.3, -0.25) is 9.78 Å². The van der Waals surface area contributed by atoms with Gasteiger partial charge in [0.25, 0.3) is 0 Å². The highest BCUT2D eigenvalue weighted by molar-refractivity contribution is 5.95. The minimum Gasteiger partial charge on any atom is -0.478 e. The number of benzene rings is 2. The average molecular weight is 493 g/mol. The van der Waals surface area contributed by atoms with Gasteiger partial charge >= 0.3 is 5.97 Å². The molecular formula is C27H29FN4O4. The van der Waals surface area contributed by atoms with Crippen molar-refractivity contribution in [2.45, 2.75) is 45.0 Å². The van der Waals surface area contributed by atoms with Crippen molar-refractivity contribution >= 4 is 23.3 Å². The Bertz CT molecular complexity index is 1230. The second-order valence-corrected chi connectivity index (χ2v) is 9.11. The van der Waals surface area contributed by atoms with E-state index < -0.39 is 18.4 Å². The van der Waals surface area contributed by atoms with Crippen molar-refractivity contribution in [3.05, 3.63) is 77.7 Å². The molecule has 0 saturated carbocycles. The van der Waals surface area contributed by atoms with Gasteiger partial charge in [0.05, 0.1) is 17.3 Å². The molecule has 188 valence electrons. The first-order valence-corrected chi connectivity index (χ1v) is 11.8. The Kier molecular flexibility index (Phi) is 7.61. The topological polar surface area (TPSA) is 115 Å². The number of aromatic carboxylic acids is 1. The molecule has 0 spiro atoms.